The van der Waals surface area contributed by atoms with E-state index in [0.29, 0.717) is 0 Å². The molecule has 1 aliphatic heterocycles. The van der Waals surface area contributed by atoms with Crippen molar-refractivity contribution in [3.05, 3.63) is 36.8 Å². The number of fused-ring (bicyclic) bond motifs is 1. The molecule has 0 bridgehead atoms. The summed E-state index contributed by atoms with van der Waals surface area (Å²) in [5.41, 5.74) is 3.35. The van der Waals surface area contributed by atoms with E-state index in [0.717, 1.165) is 11.4 Å². The minimum absolute atomic E-state index is 0.0244. The van der Waals surface area contributed by atoms with Crippen molar-refractivity contribution >= 4 is 11.4 Å². The van der Waals surface area contributed by atoms with E-state index in [1.54, 1.807) is 0 Å². The lowest BCUT2D eigenvalue weighted by molar-refractivity contribution is 0.739. The van der Waals surface area contributed by atoms with Gasteiger partial charge in [0.05, 0.1) is 11.1 Å². The Kier molecular flexibility index (Phi) is 1.31. The van der Waals surface area contributed by atoms with Gasteiger partial charge in [-0.05, 0) is 25.5 Å². The number of para-hydroxylation sites is 1. The highest BCUT2D eigenvalue weighted by Crippen LogP contribution is 2.38. The second kappa shape index (κ2) is 2.13. The first-order valence-electron chi connectivity index (χ1n) is 4.13. The van der Waals surface area contributed by atoms with Gasteiger partial charge in [0.25, 0.3) is 0 Å². The van der Waals surface area contributed by atoms with E-state index in [4.69, 9.17) is 0 Å². The summed E-state index contributed by atoms with van der Waals surface area (Å²) < 4.78 is 0. The van der Waals surface area contributed by atoms with Crippen LogP contribution in [0.15, 0.2) is 29.3 Å². The van der Waals surface area contributed by atoms with Gasteiger partial charge in [0.1, 0.15) is 6.92 Å². The van der Waals surface area contributed by atoms with Gasteiger partial charge >= 0.3 is 0 Å². The average Bonchev–Trinajstić information content (AvgIpc) is 2.25. The fourth-order valence-electron chi connectivity index (χ4n) is 1.54. The zero-order valence-electron chi connectivity index (χ0n) is 7.46. The second-order valence-corrected chi connectivity index (χ2v) is 3.70. The monoisotopic (exact) mass is 158 g/mol. The average molecular weight is 158 g/mol. The minimum Gasteiger partial charge on any atom is -0.210 e. The molecule has 1 aromatic rings. The van der Waals surface area contributed by atoms with Crippen molar-refractivity contribution in [2.75, 3.05) is 0 Å². The van der Waals surface area contributed by atoms with Crippen LogP contribution in [0.5, 0.6) is 0 Å². The molecule has 0 unspecified atom stereocenters. The van der Waals surface area contributed by atoms with Crippen LogP contribution >= 0.6 is 0 Å². The highest BCUT2D eigenvalue weighted by Gasteiger charge is 2.36. The van der Waals surface area contributed by atoms with Gasteiger partial charge in [-0.25, -0.2) is 4.99 Å². The van der Waals surface area contributed by atoms with Crippen LogP contribution in [0.4, 0.5) is 5.69 Å². The number of benzene rings is 1. The number of nitrogens with zero attached hydrogens (tertiary/aromatic N) is 1. The van der Waals surface area contributed by atoms with Crippen molar-refractivity contribution in [2.45, 2.75) is 19.3 Å². The Morgan fingerprint density at radius 2 is 1.92 bits per heavy atom. The molecule has 1 nitrogen and oxygen atoms in total. The second-order valence-electron chi connectivity index (χ2n) is 3.70. The molecular formula is C11H12N+. The summed E-state index contributed by atoms with van der Waals surface area (Å²) >= 11 is 0. The van der Waals surface area contributed by atoms with E-state index in [-0.39, 0.29) is 5.41 Å². The van der Waals surface area contributed by atoms with E-state index >= 15 is 0 Å². The third-order valence-electron chi connectivity index (χ3n) is 2.55. The van der Waals surface area contributed by atoms with Crippen molar-refractivity contribution in [2.24, 2.45) is 4.99 Å². The number of rotatable bonds is 0. The summed E-state index contributed by atoms with van der Waals surface area (Å²) in [6.07, 6.45) is 0. The first-order chi connectivity index (χ1) is 5.62. The summed E-state index contributed by atoms with van der Waals surface area (Å²) in [5.74, 6) is 0. The Morgan fingerprint density at radius 3 is 2.58 bits per heavy atom. The molecule has 0 aromatic heterocycles. The fourth-order valence-corrected chi connectivity index (χ4v) is 1.54. The van der Waals surface area contributed by atoms with Crippen molar-refractivity contribution in [3.8, 4) is 0 Å². The lowest BCUT2D eigenvalue weighted by Crippen LogP contribution is -2.22. The molecule has 0 saturated heterocycles. The van der Waals surface area contributed by atoms with Crippen LogP contribution in [0.3, 0.4) is 0 Å². The summed E-state index contributed by atoms with van der Waals surface area (Å²) in [6, 6.07) is 8.22. The Bertz CT molecular complexity index is 348. The van der Waals surface area contributed by atoms with E-state index in [1.807, 2.05) is 12.1 Å². The van der Waals surface area contributed by atoms with Gasteiger partial charge in [-0.2, -0.15) is 0 Å². The minimum atomic E-state index is 0.0244. The van der Waals surface area contributed by atoms with Gasteiger partial charge in [-0.15, -0.1) is 0 Å². The molecule has 1 aromatic carbocycles. The van der Waals surface area contributed by atoms with Crippen LogP contribution in [0.2, 0.25) is 0 Å². The van der Waals surface area contributed by atoms with E-state index < -0.39 is 0 Å². The molecule has 1 heterocycles. The Morgan fingerprint density at radius 1 is 1.25 bits per heavy atom. The fraction of sp³-hybridized carbons (Fsp3) is 0.273. The maximum atomic E-state index is 4.41. The van der Waals surface area contributed by atoms with Crippen molar-refractivity contribution < 1.29 is 0 Å². The zero-order chi connectivity index (χ0) is 8.77. The molecule has 2 rings (SSSR count). The van der Waals surface area contributed by atoms with E-state index in [2.05, 4.69) is 37.9 Å². The highest BCUT2D eigenvalue weighted by atomic mass is 14.8. The maximum Gasteiger partial charge on any atom is 0.205 e. The lowest BCUT2D eigenvalue weighted by atomic mass is 9.82. The summed E-state index contributed by atoms with van der Waals surface area (Å²) in [4.78, 5) is 4.41. The van der Waals surface area contributed by atoms with Crippen LogP contribution in [0.25, 0.3) is 0 Å². The Labute approximate surface area is 73.1 Å². The number of hydrogen-bond acceptors (Lipinski definition) is 1. The number of hydrogen-bond donors (Lipinski definition) is 0. The van der Waals surface area contributed by atoms with Gasteiger partial charge in [-0.1, -0.05) is 18.2 Å². The van der Waals surface area contributed by atoms with Crippen LogP contribution in [-0.4, -0.2) is 5.71 Å². The predicted octanol–water partition coefficient (Wildman–Crippen LogP) is 2.88. The van der Waals surface area contributed by atoms with Crippen molar-refractivity contribution in [1.29, 1.82) is 0 Å². The molecule has 0 aliphatic carbocycles. The molecule has 0 spiro atoms. The molecular weight excluding hydrogens is 146 g/mol. The van der Waals surface area contributed by atoms with Crippen LogP contribution in [0.1, 0.15) is 19.4 Å². The van der Waals surface area contributed by atoms with E-state index in [9.17, 15) is 0 Å². The van der Waals surface area contributed by atoms with E-state index in [1.165, 1.54) is 5.56 Å². The summed E-state index contributed by atoms with van der Waals surface area (Å²) in [7, 11) is 0. The van der Waals surface area contributed by atoms with Crippen molar-refractivity contribution in [1.82, 2.24) is 0 Å². The Hall–Kier alpha value is -1.24. The molecule has 1 aliphatic rings. The molecule has 0 radical (unpaired) electrons. The van der Waals surface area contributed by atoms with Gasteiger partial charge < -0.3 is 0 Å². The molecule has 12 heavy (non-hydrogen) atoms. The SMILES string of the molecule is [CH2+]C1=Nc2ccccc2C1(C)C. The smallest absolute Gasteiger partial charge is 0.205 e. The zero-order valence-corrected chi connectivity index (χ0v) is 7.46. The third kappa shape index (κ3) is 0.795. The normalized spacial score (nSPS) is 18.7. The molecule has 0 amide bonds. The van der Waals surface area contributed by atoms with Gasteiger partial charge in [0, 0.05) is 0 Å². The number of aliphatic imine (C=N–C) groups is 1. The largest absolute Gasteiger partial charge is 0.210 e. The molecule has 60 valence electrons. The predicted molar refractivity (Wildman–Crippen MR) is 51.9 cm³/mol. The standard InChI is InChI=1S/C11H12N/c1-8-11(2,3)9-6-4-5-7-10(9)12-8/h4-7H,1H2,2-3H3/q+1. The maximum absolute atomic E-state index is 4.41. The first-order valence-corrected chi connectivity index (χ1v) is 4.13. The summed E-state index contributed by atoms with van der Waals surface area (Å²) in [5, 5.41) is 0. The lowest BCUT2D eigenvalue weighted by Gasteiger charge is -2.14. The first kappa shape index (κ1) is 7.41. The van der Waals surface area contributed by atoms with Gasteiger partial charge in [-0.3, -0.25) is 0 Å². The molecule has 0 saturated carbocycles. The quantitative estimate of drug-likeness (QED) is 0.515. The molecule has 0 atom stereocenters. The topological polar surface area (TPSA) is 12.4 Å². The van der Waals surface area contributed by atoms with Crippen LogP contribution in [0, 0.1) is 6.92 Å². The third-order valence-corrected chi connectivity index (χ3v) is 2.55. The summed E-state index contributed by atoms with van der Waals surface area (Å²) in [6.45, 7) is 8.27. The molecule has 0 fully saturated rings. The van der Waals surface area contributed by atoms with Crippen LogP contribution < -0.4 is 0 Å². The van der Waals surface area contributed by atoms with Gasteiger partial charge in [0.15, 0.2) is 0 Å². The molecule has 0 N–H and O–H groups in total. The van der Waals surface area contributed by atoms with Gasteiger partial charge in [0.2, 0.25) is 5.71 Å². The Balaban J connectivity index is 2.66. The molecule has 1 heteroatoms. The van der Waals surface area contributed by atoms with Crippen molar-refractivity contribution in [3.63, 3.8) is 0 Å². The highest BCUT2D eigenvalue weighted by molar-refractivity contribution is 6.03. The van der Waals surface area contributed by atoms with Crippen LogP contribution in [-0.2, 0) is 5.41 Å².